The molecule has 0 aromatic carbocycles. The summed E-state index contributed by atoms with van der Waals surface area (Å²) in [4.78, 5) is 0. The predicted molar refractivity (Wildman–Crippen MR) is 61.9 cm³/mol. The van der Waals surface area contributed by atoms with Crippen molar-refractivity contribution < 1.29 is 16.8 Å². The van der Waals surface area contributed by atoms with E-state index in [1.165, 1.54) is 0 Å². The Labute approximate surface area is 96.6 Å². The van der Waals surface area contributed by atoms with Crippen LogP contribution in [0.2, 0.25) is 0 Å². The van der Waals surface area contributed by atoms with Gasteiger partial charge in [-0.25, -0.2) is 21.6 Å². The minimum atomic E-state index is -3.72. The summed E-state index contributed by atoms with van der Waals surface area (Å²) < 4.78 is 46.8. The molecule has 16 heavy (non-hydrogen) atoms. The minimum Gasteiger partial charge on any atom is -0.328 e. The fourth-order valence-electron chi connectivity index (χ4n) is 1.87. The molecule has 0 saturated heterocycles. The van der Waals surface area contributed by atoms with Gasteiger partial charge in [0.25, 0.3) is 0 Å². The van der Waals surface area contributed by atoms with Crippen LogP contribution in [-0.2, 0) is 19.9 Å². The molecule has 0 aliphatic heterocycles. The van der Waals surface area contributed by atoms with Crippen molar-refractivity contribution in [2.45, 2.75) is 25.3 Å². The fourth-order valence-corrected chi connectivity index (χ4v) is 4.94. The lowest BCUT2D eigenvalue weighted by atomic mass is 10.1. The van der Waals surface area contributed by atoms with E-state index in [1.807, 2.05) is 0 Å². The normalized spacial score (nSPS) is 27.1. The second-order valence-electron chi connectivity index (χ2n) is 4.45. The molecule has 1 rings (SSSR count). The third-order valence-corrected chi connectivity index (χ3v) is 6.10. The van der Waals surface area contributed by atoms with Gasteiger partial charge in [-0.1, -0.05) is 0 Å². The number of sulfone groups is 1. The van der Waals surface area contributed by atoms with Crippen LogP contribution in [0.15, 0.2) is 0 Å². The fraction of sp³-hybridized carbons (Fsp3) is 1.00. The third kappa shape index (κ3) is 5.24. The zero-order valence-corrected chi connectivity index (χ0v) is 10.9. The van der Waals surface area contributed by atoms with Crippen molar-refractivity contribution in [2.75, 3.05) is 17.9 Å². The molecule has 6 nitrogen and oxygen atoms in total. The van der Waals surface area contributed by atoms with Crippen LogP contribution >= 0.6 is 0 Å². The van der Waals surface area contributed by atoms with Crippen LogP contribution < -0.4 is 10.5 Å². The molecular weight excluding hydrogens is 252 g/mol. The first-order valence-electron chi connectivity index (χ1n) is 5.08. The molecule has 3 N–H and O–H groups in total. The van der Waals surface area contributed by atoms with Gasteiger partial charge in [0.05, 0.1) is 0 Å². The average Bonchev–Trinajstić information content (AvgIpc) is 2.44. The first kappa shape index (κ1) is 13.9. The first-order valence-corrected chi connectivity index (χ1v) is 8.80. The Morgan fingerprint density at radius 2 is 1.88 bits per heavy atom. The van der Waals surface area contributed by atoms with E-state index >= 15 is 0 Å². The lowest BCUT2D eigenvalue weighted by Gasteiger charge is -2.10. The Bertz CT molecular complexity index is 429. The monoisotopic (exact) mass is 270 g/mol. The van der Waals surface area contributed by atoms with E-state index in [0.29, 0.717) is 0 Å². The van der Waals surface area contributed by atoms with Crippen LogP contribution in [-0.4, -0.2) is 40.8 Å². The van der Waals surface area contributed by atoms with Crippen LogP contribution in [0, 0.1) is 5.92 Å². The van der Waals surface area contributed by atoms with Gasteiger partial charge in [0.15, 0.2) is 14.9 Å². The molecule has 0 amide bonds. The highest BCUT2D eigenvalue weighted by Gasteiger charge is 2.24. The second-order valence-corrected chi connectivity index (χ2v) is 8.76. The predicted octanol–water partition coefficient (Wildman–Crippen LogP) is -0.965. The highest BCUT2D eigenvalue weighted by Crippen LogP contribution is 2.23. The minimum absolute atomic E-state index is 0.143. The Morgan fingerprint density at radius 1 is 1.25 bits per heavy atom. The number of nitrogens with two attached hydrogens (primary N) is 1. The van der Waals surface area contributed by atoms with Gasteiger partial charge >= 0.3 is 0 Å². The third-order valence-electron chi connectivity index (χ3n) is 2.54. The Balaban J connectivity index is 2.43. The SMILES string of the molecule is CS(=O)(=O)CS(=O)(=O)NCC1CCC(N)C1. The molecule has 96 valence electrons. The van der Waals surface area contributed by atoms with E-state index in [2.05, 4.69) is 4.72 Å². The molecule has 8 heteroatoms. The molecule has 1 aliphatic carbocycles. The Kier molecular flexibility index (Phi) is 4.33. The van der Waals surface area contributed by atoms with E-state index in [0.717, 1.165) is 25.5 Å². The summed E-state index contributed by atoms with van der Waals surface area (Å²) in [5.41, 5.74) is 5.69. The van der Waals surface area contributed by atoms with Crippen molar-refractivity contribution in [3.63, 3.8) is 0 Å². The summed E-state index contributed by atoms with van der Waals surface area (Å²) in [7, 11) is -7.24. The van der Waals surface area contributed by atoms with Gasteiger partial charge in [-0.05, 0) is 25.2 Å². The molecule has 0 spiro atoms. The first-order chi connectivity index (χ1) is 7.18. The maximum absolute atomic E-state index is 11.4. The van der Waals surface area contributed by atoms with Crippen LogP contribution in [0.25, 0.3) is 0 Å². The van der Waals surface area contributed by atoms with Gasteiger partial charge in [0.2, 0.25) is 10.0 Å². The van der Waals surface area contributed by atoms with Crippen LogP contribution in [0.4, 0.5) is 0 Å². The van der Waals surface area contributed by atoms with Crippen LogP contribution in [0.1, 0.15) is 19.3 Å². The van der Waals surface area contributed by atoms with Gasteiger partial charge in [0, 0.05) is 18.8 Å². The van der Waals surface area contributed by atoms with Crippen molar-refractivity contribution in [3.8, 4) is 0 Å². The number of sulfonamides is 1. The number of hydrogen-bond acceptors (Lipinski definition) is 5. The number of hydrogen-bond donors (Lipinski definition) is 2. The summed E-state index contributed by atoms with van der Waals surface area (Å²) >= 11 is 0. The second kappa shape index (κ2) is 4.99. The largest absolute Gasteiger partial charge is 0.328 e. The smallest absolute Gasteiger partial charge is 0.226 e. The zero-order chi connectivity index (χ0) is 12.4. The summed E-state index contributed by atoms with van der Waals surface area (Å²) in [6, 6.07) is 0.143. The Morgan fingerprint density at radius 3 is 2.31 bits per heavy atom. The highest BCUT2D eigenvalue weighted by atomic mass is 32.3. The average molecular weight is 270 g/mol. The molecule has 0 bridgehead atoms. The van der Waals surface area contributed by atoms with Gasteiger partial charge in [-0.2, -0.15) is 0 Å². The van der Waals surface area contributed by atoms with Gasteiger partial charge in [0.1, 0.15) is 0 Å². The standard InChI is InChI=1S/C8H18N2O4S2/c1-15(11,12)6-16(13,14)10-5-7-2-3-8(9)4-7/h7-8,10H,2-6,9H2,1H3. The molecular formula is C8H18N2O4S2. The molecule has 0 heterocycles. The molecule has 1 saturated carbocycles. The molecule has 2 atom stereocenters. The summed E-state index contributed by atoms with van der Waals surface area (Å²) in [5.74, 6) is 0.226. The lowest BCUT2D eigenvalue weighted by Crippen LogP contribution is -2.33. The maximum Gasteiger partial charge on any atom is 0.226 e. The molecule has 1 aliphatic rings. The summed E-state index contributed by atoms with van der Waals surface area (Å²) in [6.07, 6.45) is 3.49. The van der Waals surface area contributed by atoms with Gasteiger partial charge in [-0.3, -0.25) is 0 Å². The van der Waals surface area contributed by atoms with Crippen molar-refractivity contribution in [1.82, 2.24) is 4.72 Å². The van der Waals surface area contributed by atoms with Crippen LogP contribution in [0.5, 0.6) is 0 Å². The quantitative estimate of drug-likeness (QED) is 0.669. The number of nitrogens with one attached hydrogen (secondary N) is 1. The lowest BCUT2D eigenvalue weighted by molar-refractivity contribution is 0.513. The van der Waals surface area contributed by atoms with Crippen molar-refractivity contribution >= 4 is 19.9 Å². The topological polar surface area (TPSA) is 106 Å². The molecule has 0 aromatic rings. The van der Waals surface area contributed by atoms with Crippen LogP contribution in [0.3, 0.4) is 0 Å². The van der Waals surface area contributed by atoms with E-state index in [1.54, 1.807) is 0 Å². The molecule has 2 unspecified atom stereocenters. The highest BCUT2D eigenvalue weighted by molar-refractivity contribution is 8.06. The van der Waals surface area contributed by atoms with Crippen molar-refractivity contribution in [1.29, 1.82) is 0 Å². The van der Waals surface area contributed by atoms with Crippen molar-refractivity contribution in [2.24, 2.45) is 11.7 Å². The van der Waals surface area contributed by atoms with E-state index in [-0.39, 0.29) is 18.5 Å². The Hall–Kier alpha value is -0.180. The summed E-state index contributed by atoms with van der Waals surface area (Å²) in [6.45, 7) is 0.283. The van der Waals surface area contributed by atoms with Crippen molar-refractivity contribution in [3.05, 3.63) is 0 Å². The van der Waals surface area contributed by atoms with E-state index < -0.39 is 24.9 Å². The van der Waals surface area contributed by atoms with Gasteiger partial charge in [-0.15, -0.1) is 0 Å². The molecule has 1 fully saturated rings. The van der Waals surface area contributed by atoms with Gasteiger partial charge < -0.3 is 5.73 Å². The molecule has 0 radical (unpaired) electrons. The zero-order valence-electron chi connectivity index (χ0n) is 9.22. The summed E-state index contributed by atoms with van der Waals surface area (Å²) in [5, 5.41) is -0.848. The molecule has 0 aromatic heterocycles. The number of rotatable bonds is 5. The maximum atomic E-state index is 11.4. The van der Waals surface area contributed by atoms with E-state index in [9.17, 15) is 16.8 Å². The van der Waals surface area contributed by atoms with E-state index in [4.69, 9.17) is 5.73 Å².